The summed E-state index contributed by atoms with van der Waals surface area (Å²) >= 11 is 0. The molecule has 0 saturated carbocycles. The highest BCUT2D eigenvalue weighted by molar-refractivity contribution is 5.89. The van der Waals surface area contributed by atoms with E-state index in [2.05, 4.69) is 0 Å². The van der Waals surface area contributed by atoms with Gasteiger partial charge in [-0.15, -0.1) is 0 Å². The fourth-order valence-corrected chi connectivity index (χ4v) is 2.61. The molecule has 0 spiro atoms. The van der Waals surface area contributed by atoms with Crippen molar-refractivity contribution in [1.82, 2.24) is 4.90 Å². The van der Waals surface area contributed by atoms with Gasteiger partial charge in [0.15, 0.2) is 0 Å². The summed E-state index contributed by atoms with van der Waals surface area (Å²) in [5.74, 6) is 0.340. The van der Waals surface area contributed by atoms with Crippen molar-refractivity contribution in [3.8, 4) is 0 Å². The van der Waals surface area contributed by atoms with E-state index in [1.54, 1.807) is 4.90 Å². The maximum absolute atomic E-state index is 12.3. The molecular weight excluding hydrogens is 262 g/mol. The molecular formula is C18H17NO2. The van der Waals surface area contributed by atoms with Gasteiger partial charge in [-0.05, 0) is 5.56 Å². The number of carbonyl (C=O) groups excluding carboxylic acids is 1. The first-order chi connectivity index (χ1) is 10.3. The molecule has 0 aliphatic carbocycles. The highest BCUT2D eigenvalue weighted by Crippen LogP contribution is 2.31. The Kier molecular flexibility index (Phi) is 3.73. The second-order valence-electron chi connectivity index (χ2n) is 5.13. The van der Waals surface area contributed by atoms with E-state index in [4.69, 9.17) is 0 Å². The molecule has 0 radical (unpaired) electrons. The van der Waals surface area contributed by atoms with Crippen LogP contribution in [-0.4, -0.2) is 15.9 Å². The van der Waals surface area contributed by atoms with Gasteiger partial charge in [0.25, 0.3) is 0 Å². The zero-order chi connectivity index (χ0) is 14.7. The topological polar surface area (TPSA) is 40.5 Å². The van der Waals surface area contributed by atoms with Gasteiger partial charge in [-0.1, -0.05) is 60.7 Å². The lowest BCUT2D eigenvalue weighted by Gasteiger charge is -2.30. The largest absolute Gasteiger partial charge is 0.510 e. The maximum atomic E-state index is 12.3. The van der Waals surface area contributed by atoms with Gasteiger partial charge in [-0.2, -0.15) is 0 Å². The van der Waals surface area contributed by atoms with Gasteiger partial charge in [0.1, 0.15) is 5.76 Å². The van der Waals surface area contributed by atoms with Crippen LogP contribution in [0.25, 0.3) is 5.70 Å². The van der Waals surface area contributed by atoms with E-state index < -0.39 is 0 Å². The molecule has 3 nitrogen and oxygen atoms in total. The van der Waals surface area contributed by atoms with E-state index in [9.17, 15) is 9.90 Å². The zero-order valence-corrected chi connectivity index (χ0v) is 11.7. The molecule has 21 heavy (non-hydrogen) atoms. The number of nitrogens with zero attached hydrogens (tertiary/aromatic N) is 1. The van der Waals surface area contributed by atoms with Gasteiger partial charge in [-0.3, -0.25) is 4.79 Å². The Hall–Kier alpha value is -2.55. The van der Waals surface area contributed by atoms with Crippen molar-refractivity contribution in [3.05, 3.63) is 77.5 Å². The number of aliphatic hydroxyl groups is 1. The quantitative estimate of drug-likeness (QED) is 0.930. The van der Waals surface area contributed by atoms with Crippen LogP contribution in [0.5, 0.6) is 0 Å². The molecule has 1 amide bonds. The molecule has 1 heterocycles. The Labute approximate surface area is 124 Å². The molecule has 2 aromatic rings. The molecule has 1 N–H and O–H groups in total. The predicted molar refractivity (Wildman–Crippen MR) is 82.2 cm³/mol. The van der Waals surface area contributed by atoms with E-state index >= 15 is 0 Å². The number of aliphatic hydroxyl groups excluding tert-OH is 1. The Bertz CT molecular complexity index is 662. The lowest BCUT2D eigenvalue weighted by Crippen LogP contribution is -2.33. The number of allylic oxidation sites excluding steroid dienone is 1. The number of hydrogen-bond donors (Lipinski definition) is 1. The van der Waals surface area contributed by atoms with Gasteiger partial charge in [0, 0.05) is 18.4 Å². The first-order valence-electron chi connectivity index (χ1n) is 7.07. The average Bonchev–Trinajstić information content (AvgIpc) is 2.53. The molecule has 3 heteroatoms. The van der Waals surface area contributed by atoms with E-state index in [1.165, 1.54) is 0 Å². The third-order valence-corrected chi connectivity index (χ3v) is 3.65. The number of benzene rings is 2. The summed E-state index contributed by atoms with van der Waals surface area (Å²) in [4.78, 5) is 14.0. The molecule has 0 saturated heterocycles. The van der Waals surface area contributed by atoms with Crippen molar-refractivity contribution in [2.75, 3.05) is 0 Å². The average molecular weight is 279 g/mol. The minimum Gasteiger partial charge on any atom is -0.510 e. The maximum Gasteiger partial charge on any atom is 0.227 e. The van der Waals surface area contributed by atoms with E-state index in [1.807, 2.05) is 60.7 Å². The van der Waals surface area contributed by atoms with Gasteiger partial charge < -0.3 is 10.0 Å². The zero-order valence-electron chi connectivity index (χ0n) is 11.7. The number of rotatable bonds is 3. The summed E-state index contributed by atoms with van der Waals surface area (Å²) in [5.41, 5.74) is 2.56. The van der Waals surface area contributed by atoms with Gasteiger partial charge >= 0.3 is 0 Å². The van der Waals surface area contributed by atoms with Crippen LogP contribution in [0, 0.1) is 0 Å². The summed E-state index contributed by atoms with van der Waals surface area (Å²) in [6, 6.07) is 19.4. The molecule has 2 aromatic carbocycles. The number of hydrogen-bond acceptors (Lipinski definition) is 2. The Morgan fingerprint density at radius 1 is 0.905 bits per heavy atom. The normalized spacial score (nSPS) is 15.4. The van der Waals surface area contributed by atoms with Crippen LogP contribution in [0.4, 0.5) is 0 Å². The molecule has 0 aromatic heterocycles. The lowest BCUT2D eigenvalue weighted by molar-refractivity contribution is -0.129. The fraction of sp³-hybridized carbons (Fsp3) is 0.167. The molecule has 0 unspecified atom stereocenters. The summed E-state index contributed by atoms with van der Waals surface area (Å²) in [7, 11) is 0. The summed E-state index contributed by atoms with van der Waals surface area (Å²) in [6.45, 7) is 0.480. The van der Waals surface area contributed by atoms with Crippen molar-refractivity contribution in [2.45, 2.75) is 19.4 Å². The molecule has 106 valence electrons. The summed E-state index contributed by atoms with van der Waals surface area (Å²) in [5, 5.41) is 10.3. The fourth-order valence-electron chi connectivity index (χ4n) is 2.61. The first kappa shape index (κ1) is 13.4. The van der Waals surface area contributed by atoms with Crippen molar-refractivity contribution < 1.29 is 9.90 Å². The minimum atomic E-state index is 0.0514. The molecule has 3 rings (SSSR count). The lowest BCUT2D eigenvalue weighted by atomic mass is 10.0. The van der Waals surface area contributed by atoms with Crippen molar-refractivity contribution in [2.24, 2.45) is 0 Å². The first-order valence-corrected chi connectivity index (χ1v) is 7.07. The van der Waals surface area contributed by atoms with E-state index in [0.717, 1.165) is 11.1 Å². The highest BCUT2D eigenvalue weighted by Gasteiger charge is 2.27. The standard InChI is InChI=1S/C18H17NO2/c20-16-11-12-17(21)19(13-14-7-3-1-4-8-14)18(16)15-9-5-2-6-10-15/h1-10,20H,11-13H2. The molecule has 1 aliphatic heterocycles. The summed E-state index contributed by atoms with van der Waals surface area (Å²) < 4.78 is 0. The Morgan fingerprint density at radius 3 is 2.19 bits per heavy atom. The van der Waals surface area contributed by atoms with Crippen LogP contribution in [0.1, 0.15) is 24.0 Å². The SMILES string of the molecule is O=C1CCC(O)=C(c2ccccc2)N1Cc1ccccc1. The Morgan fingerprint density at radius 2 is 1.52 bits per heavy atom. The molecule has 1 aliphatic rings. The third kappa shape index (κ3) is 2.82. The monoisotopic (exact) mass is 279 g/mol. The van der Waals surface area contributed by atoms with Crippen LogP contribution in [-0.2, 0) is 11.3 Å². The Balaban J connectivity index is 1.99. The second kappa shape index (κ2) is 5.83. The van der Waals surface area contributed by atoms with E-state index in [-0.39, 0.29) is 11.7 Å². The van der Waals surface area contributed by atoms with Crippen molar-refractivity contribution in [1.29, 1.82) is 0 Å². The highest BCUT2D eigenvalue weighted by atomic mass is 16.3. The van der Waals surface area contributed by atoms with Crippen LogP contribution >= 0.6 is 0 Å². The van der Waals surface area contributed by atoms with E-state index in [0.29, 0.717) is 25.1 Å². The van der Waals surface area contributed by atoms with Crippen LogP contribution in [0.2, 0.25) is 0 Å². The minimum absolute atomic E-state index is 0.0514. The van der Waals surface area contributed by atoms with Gasteiger partial charge in [-0.25, -0.2) is 0 Å². The van der Waals surface area contributed by atoms with Gasteiger partial charge in [0.2, 0.25) is 5.91 Å². The third-order valence-electron chi connectivity index (χ3n) is 3.65. The number of carbonyl (C=O) groups is 1. The van der Waals surface area contributed by atoms with Crippen molar-refractivity contribution in [3.63, 3.8) is 0 Å². The van der Waals surface area contributed by atoms with Crippen LogP contribution < -0.4 is 0 Å². The second-order valence-corrected chi connectivity index (χ2v) is 5.13. The molecule has 0 bridgehead atoms. The molecule has 0 atom stereocenters. The van der Waals surface area contributed by atoms with Crippen molar-refractivity contribution >= 4 is 11.6 Å². The van der Waals surface area contributed by atoms with Gasteiger partial charge in [0.05, 0.1) is 12.2 Å². The smallest absolute Gasteiger partial charge is 0.227 e. The molecule has 0 fully saturated rings. The number of amides is 1. The van der Waals surface area contributed by atoms with Crippen LogP contribution in [0.15, 0.2) is 66.4 Å². The predicted octanol–water partition coefficient (Wildman–Crippen LogP) is 3.74. The van der Waals surface area contributed by atoms with Crippen LogP contribution in [0.3, 0.4) is 0 Å². The summed E-state index contributed by atoms with van der Waals surface area (Å²) in [6.07, 6.45) is 0.767.